The number of nitrogens with two attached hydrogens (primary N) is 1. The van der Waals surface area contributed by atoms with Gasteiger partial charge in [-0.05, 0) is 18.2 Å². The largest absolute Gasteiger partial charge is 0.393 e. The third kappa shape index (κ3) is 3.94. The maximum atomic E-state index is 13.5. The van der Waals surface area contributed by atoms with Crippen LogP contribution in [0, 0.1) is 5.82 Å². The van der Waals surface area contributed by atoms with Crippen molar-refractivity contribution in [2.24, 2.45) is 5.73 Å². The van der Waals surface area contributed by atoms with Gasteiger partial charge in [0.2, 0.25) is 0 Å². The molecule has 0 atom stereocenters. The van der Waals surface area contributed by atoms with Crippen molar-refractivity contribution < 1.29 is 9.18 Å². The molecule has 1 aromatic rings. The summed E-state index contributed by atoms with van der Waals surface area (Å²) in [6, 6.07) is 3.94. The first-order chi connectivity index (χ1) is 7.91. The van der Waals surface area contributed by atoms with Crippen LogP contribution in [-0.4, -0.2) is 29.4 Å². The van der Waals surface area contributed by atoms with Crippen LogP contribution in [-0.2, 0) is 0 Å². The second kappa shape index (κ2) is 5.93. The zero-order valence-corrected chi connectivity index (χ0v) is 10.8. The maximum Gasteiger partial charge on any atom is 0.256 e. The molecule has 0 bridgehead atoms. The lowest BCUT2D eigenvalue weighted by atomic mass is 10.2. The van der Waals surface area contributed by atoms with Crippen molar-refractivity contribution in [3.63, 3.8) is 0 Å². The van der Waals surface area contributed by atoms with Crippen LogP contribution in [0.2, 0.25) is 5.02 Å². The van der Waals surface area contributed by atoms with E-state index in [2.05, 4.69) is 0 Å². The Hall–Kier alpha value is -1.20. The molecule has 1 amide bonds. The number of thiocarbonyl (C=S) groups is 1. The summed E-state index contributed by atoms with van der Waals surface area (Å²) in [4.78, 5) is 13.5. The van der Waals surface area contributed by atoms with E-state index in [0.29, 0.717) is 18.0 Å². The van der Waals surface area contributed by atoms with Crippen molar-refractivity contribution in [3.05, 3.63) is 34.6 Å². The standard InChI is InChI=1S/C11H12ClFN2OS/c1-15(5-4-10(14)17)11(16)8-3-2-7(12)6-9(8)13/h2-3,6H,4-5H2,1H3,(H2,14,17). The van der Waals surface area contributed by atoms with Gasteiger partial charge in [0.1, 0.15) is 5.82 Å². The number of halogens is 2. The highest BCUT2D eigenvalue weighted by molar-refractivity contribution is 7.80. The SMILES string of the molecule is CN(CCC(N)=S)C(=O)c1ccc(Cl)cc1F. The van der Waals surface area contributed by atoms with Gasteiger partial charge in [0, 0.05) is 25.0 Å². The van der Waals surface area contributed by atoms with Gasteiger partial charge in [-0.2, -0.15) is 0 Å². The van der Waals surface area contributed by atoms with E-state index in [-0.39, 0.29) is 10.6 Å². The minimum Gasteiger partial charge on any atom is -0.393 e. The van der Waals surface area contributed by atoms with E-state index in [1.54, 1.807) is 7.05 Å². The van der Waals surface area contributed by atoms with Crippen molar-refractivity contribution in [3.8, 4) is 0 Å². The van der Waals surface area contributed by atoms with E-state index in [0.717, 1.165) is 6.07 Å². The Balaban J connectivity index is 2.78. The molecule has 1 rings (SSSR count). The highest BCUT2D eigenvalue weighted by Gasteiger charge is 2.16. The molecule has 6 heteroatoms. The molecule has 3 nitrogen and oxygen atoms in total. The number of rotatable bonds is 4. The summed E-state index contributed by atoms with van der Waals surface area (Å²) in [5.41, 5.74) is 5.32. The third-order valence-corrected chi connectivity index (χ3v) is 2.64. The summed E-state index contributed by atoms with van der Waals surface area (Å²) in [5.74, 6) is -1.06. The zero-order valence-electron chi connectivity index (χ0n) is 9.24. The van der Waals surface area contributed by atoms with Crippen LogP contribution in [0.4, 0.5) is 4.39 Å². The lowest BCUT2D eigenvalue weighted by Crippen LogP contribution is -2.30. The normalized spacial score (nSPS) is 10.1. The van der Waals surface area contributed by atoms with Gasteiger partial charge < -0.3 is 10.6 Å². The summed E-state index contributed by atoms with van der Waals surface area (Å²) >= 11 is 10.3. The molecule has 0 aliphatic heterocycles. The molecule has 0 radical (unpaired) electrons. The first-order valence-corrected chi connectivity index (χ1v) is 5.69. The predicted octanol–water partition coefficient (Wildman–Crippen LogP) is 2.23. The zero-order chi connectivity index (χ0) is 13.0. The average molecular weight is 275 g/mol. The number of carbonyl (C=O) groups is 1. The fourth-order valence-electron chi connectivity index (χ4n) is 1.25. The first kappa shape index (κ1) is 13.9. The van der Waals surface area contributed by atoms with E-state index >= 15 is 0 Å². The Bertz CT molecular complexity index is 453. The van der Waals surface area contributed by atoms with Gasteiger partial charge in [0.15, 0.2) is 0 Å². The highest BCUT2D eigenvalue weighted by Crippen LogP contribution is 2.16. The van der Waals surface area contributed by atoms with Crippen molar-refractivity contribution in [1.82, 2.24) is 4.90 Å². The summed E-state index contributed by atoms with van der Waals surface area (Å²) in [7, 11) is 1.56. The second-order valence-corrected chi connectivity index (χ2v) is 4.53. The number of amides is 1. The topological polar surface area (TPSA) is 46.3 Å². The van der Waals surface area contributed by atoms with Gasteiger partial charge in [-0.15, -0.1) is 0 Å². The maximum absolute atomic E-state index is 13.5. The van der Waals surface area contributed by atoms with E-state index in [9.17, 15) is 9.18 Å². The monoisotopic (exact) mass is 274 g/mol. The van der Waals surface area contributed by atoms with Gasteiger partial charge in [-0.1, -0.05) is 23.8 Å². The third-order valence-electron chi connectivity index (χ3n) is 2.20. The molecule has 0 aromatic heterocycles. The van der Waals surface area contributed by atoms with Crippen LogP contribution in [0.1, 0.15) is 16.8 Å². The first-order valence-electron chi connectivity index (χ1n) is 4.90. The molecule has 0 aliphatic carbocycles. The fourth-order valence-corrected chi connectivity index (χ4v) is 1.50. The van der Waals surface area contributed by atoms with Gasteiger partial charge in [0.25, 0.3) is 5.91 Å². The molecule has 0 fully saturated rings. The molecule has 0 unspecified atom stereocenters. The van der Waals surface area contributed by atoms with Crippen LogP contribution in [0.3, 0.4) is 0 Å². The van der Waals surface area contributed by atoms with Crippen molar-refractivity contribution in [2.45, 2.75) is 6.42 Å². The molecule has 0 spiro atoms. The van der Waals surface area contributed by atoms with E-state index in [1.165, 1.54) is 17.0 Å². The van der Waals surface area contributed by atoms with Gasteiger partial charge in [0.05, 0.1) is 10.6 Å². The molecule has 2 N–H and O–H groups in total. The summed E-state index contributed by atoms with van der Waals surface area (Å²) in [6.07, 6.45) is 0.410. The molecular formula is C11H12ClFN2OS. The van der Waals surface area contributed by atoms with Crippen molar-refractivity contribution in [1.29, 1.82) is 0 Å². The summed E-state index contributed by atoms with van der Waals surface area (Å²) in [5, 5.41) is 0.254. The Morgan fingerprint density at radius 3 is 2.76 bits per heavy atom. The Labute approximate surface area is 109 Å². The quantitative estimate of drug-likeness (QED) is 0.857. The molecule has 17 heavy (non-hydrogen) atoms. The number of nitrogens with zero attached hydrogens (tertiary/aromatic N) is 1. The molecular weight excluding hydrogens is 263 g/mol. The van der Waals surface area contributed by atoms with Crippen molar-refractivity contribution >= 4 is 34.7 Å². The predicted molar refractivity (Wildman–Crippen MR) is 69.8 cm³/mol. The van der Waals surface area contributed by atoms with Crippen LogP contribution in [0.25, 0.3) is 0 Å². The number of hydrogen-bond acceptors (Lipinski definition) is 2. The Morgan fingerprint density at radius 1 is 1.59 bits per heavy atom. The van der Waals surface area contributed by atoms with Gasteiger partial charge >= 0.3 is 0 Å². The van der Waals surface area contributed by atoms with Crippen LogP contribution < -0.4 is 5.73 Å². The van der Waals surface area contributed by atoms with Gasteiger partial charge in [-0.3, -0.25) is 4.79 Å². The molecule has 0 heterocycles. The van der Waals surface area contributed by atoms with Crippen LogP contribution in [0.15, 0.2) is 18.2 Å². The summed E-state index contributed by atoms with van der Waals surface area (Å²) < 4.78 is 13.5. The molecule has 1 aromatic carbocycles. The Kier molecular flexibility index (Phi) is 4.84. The molecule has 92 valence electrons. The van der Waals surface area contributed by atoms with Crippen LogP contribution >= 0.6 is 23.8 Å². The Morgan fingerprint density at radius 2 is 2.24 bits per heavy atom. The number of carbonyl (C=O) groups excluding carboxylic acids is 1. The molecule has 0 aliphatic rings. The highest BCUT2D eigenvalue weighted by atomic mass is 35.5. The lowest BCUT2D eigenvalue weighted by molar-refractivity contribution is 0.0794. The van der Waals surface area contributed by atoms with E-state index in [1.807, 2.05) is 0 Å². The second-order valence-electron chi connectivity index (χ2n) is 3.57. The lowest BCUT2D eigenvalue weighted by Gasteiger charge is -2.17. The summed E-state index contributed by atoms with van der Waals surface area (Å²) in [6.45, 7) is 0.357. The molecule has 0 saturated carbocycles. The fraction of sp³-hybridized carbons (Fsp3) is 0.273. The van der Waals surface area contributed by atoms with Gasteiger partial charge in [-0.25, -0.2) is 4.39 Å². The number of hydrogen-bond donors (Lipinski definition) is 1. The number of benzene rings is 1. The average Bonchev–Trinajstić information content (AvgIpc) is 2.25. The minimum atomic E-state index is -0.635. The van der Waals surface area contributed by atoms with Crippen molar-refractivity contribution in [2.75, 3.05) is 13.6 Å². The molecule has 0 saturated heterocycles. The smallest absolute Gasteiger partial charge is 0.256 e. The minimum absolute atomic E-state index is 0.0140. The van der Waals surface area contributed by atoms with E-state index < -0.39 is 11.7 Å². The van der Waals surface area contributed by atoms with E-state index in [4.69, 9.17) is 29.6 Å². The van der Waals surface area contributed by atoms with Crippen LogP contribution in [0.5, 0.6) is 0 Å².